The zero-order chi connectivity index (χ0) is 23.4. The summed E-state index contributed by atoms with van der Waals surface area (Å²) in [6, 6.07) is 1.49. The standard InChI is InChI=1S/C19H30N4O4S.C2H6/c1-18(2,3)14-12-13(23(26)27)15(28-14)16(24)22-11-10-21(9-8-20(6)7)17(25)19(22,4)5;1-2/h12H,8-11H2,1-7H3;1-2H3. The molecule has 30 heavy (non-hydrogen) atoms. The lowest BCUT2D eigenvalue weighted by molar-refractivity contribution is -0.384. The molecule has 9 heteroatoms. The van der Waals surface area contributed by atoms with Gasteiger partial charge in [-0.05, 0) is 33.4 Å². The molecular weight excluding hydrogens is 404 g/mol. The van der Waals surface area contributed by atoms with E-state index < -0.39 is 16.4 Å². The number of likely N-dealkylation sites (N-methyl/N-ethyl adjacent to an activating group) is 1. The van der Waals surface area contributed by atoms with Gasteiger partial charge in [0.1, 0.15) is 5.54 Å². The maximum absolute atomic E-state index is 13.3. The van der Waals surface area contributed by atoms with Gasteiger partial charge in [0, 0.05) is 37.1 Å². The molecule has 1 aliphatic heterocycles. The van der Waals surface area contributed by atoms with E-state index in [2.05, 4.69) is 0 Å². The molecule has 0 spiro atoms. The number of nitro groups is 1. The quantitative estimate of drug-likeness (QED) is 0.516. The Morgan fingerprint density at radius 1 is 1.27 bits per heavy atom. The summed E-state index contributed by atoms with van der Waals surface area (Å²) in [4.78, 5) is 43.4. The first-order valence-electron chi connectivity index (χ1n) is 10.3. The number of carbonyl (C=O) groups is 2. The molecule has 0 radical (unpaired) electrons. The van der Waals surface area contributed by atoms with Crippen LogP contribution in [0.3, 0.4) is 0 Å². The molecule has 1 aliphatic rings. The molecule has 0 atom stereocenters. The summed E-state index contributed by atoms with van der Waals surface area (Å²) >= 11 is 1.15. The van der Waals surface area contributed by atoms with Crippen molar-refractivity contribution in [2.45, 2.75) is 59.4 Å². The normalized spacial score (nSPS) is 16.4. The first-order valence-corrected chi connectivity index (χ1v) is 11.1. The zero-order valence-corrected chi connectivity index (χ0v) is 20.6. The Hall–Kier alpha value is -2.00. The average Bonchev–Trinajstić information content (AvgIpc) is 3.10. The maximum Gasteiger partial charge on any atom is 0.293 e. The summed E-state index contributed by atoms with van der Waals surface area (Å²) in [5.74, 6) is -0.581. The fraction of sp³-hybridized carbons (Fsp3) is 0.714. The van der Waals surface area contributed by atoms with Gasteiger partial charge < -0.3 is 14.7 Å². The van der Waals surface area contributed by atoms with E-state index in [1.165, 1.54) is 11.0 Å². The zero-order valence-electron chi connectivity index (χ0n) is 19.7. The lowest BCUT2D eigenvalue weighted by Crippen LogP contribution is -2.65. The van der Waals surface area contributed by atoms with Crippen molar-refractivity contribution >= 4 is 28.8 Å². The van der Waals surface area contributed by atoms with Crippen LogP contribution in [-0.4, -0.2) is 77.3 Å². The van der Waals surface area contributed by atoms with E-state index in [1.807, 2.05) is 53.6 Å². The molecule has 0 bridgehead atoms. The minimum atomic E-state index is -1.05. The topological polar surface area (TPSA) is 87.0 Å². The Morgan fingerprint density at radius 2 is 1.83 bits per heavy atom. The van der Waals surface area contributed by atoms with E-state index in [1.54, 1.807) is 18.7 Å². The van der Waals surface area contributed by atoms with Crippen LogP contribution in [-0.2, 0) is 10.2 Å². The first kappa shape index (κ1) is 26.0. The van der Waals surface area contributed by atoms with Gasteiger partial charge in [-0.15, -0.1) is 11.3 Å². The molecule has 2 heterocycles. The van der Waals surface area contributed by atoms with Crippen molar-refractivity contribution in [2.75, 3.05) is 40.3 Å². The van der Waals surface area contributed by atoms with Gasteiger partial charge in [0.05, 0.1) is 4.92 Å². The Bertz CT molecular complexity index is 780. The molecular formula is C21H36N4O4S. The molecule has 2 amide bonds. The van der Waals surface area contributed by atoms with Gasteiger partial charge in [0.25, 0.3) is 11.6 Å². The third-order valence-corrected chi connectivity index (χ3v) is 6.52. The van der Waals surface area contributed by atoms with Crippen LogP contribution in [0.25, 0.3) is 0 Å². The van der Waals surface area contributed by atoms with Gasteiger partial charge in [-0.3, -0.25) is 19.7 Å². The lowest BCUT2D eigenvalue weighted by atomic mass is 9.94. The molecule has 8 nitrogen and oxygen atoms in total. The largest absolute Gasteiger partial charge is 0.338 e. The lowest BCUT2D eigenvalue weighted by Gasteiger charge is -2.45. The van der Waals surface area contributed by atoms with Crippen LogP contribution in [0.5, 0.6) is 0 Å². The van der Waals surface area contributed by atoms with Crippen molar-refractivity contribution in [1.29, 1.82) is 0 Å². The smallest absolute Gasteiger partial charge is 0.293 e. The van der Waals surface area contributed by atoms with Crippen LogP contribution in [0.15, 0.2) is 6.07 Å². The summed E-state index contributed by atoms with van der Waals surface area (Å²) in [6.45, 7) is 15.4. The Morgan fingerprint density at radius 3 is 2.30 bits per heavy atom. The summed E-state index contributed by atoms with van der Waals surface area (Å²) in [5.41, 5.74) is -1.54. The van der Waals surface area contributed by atoms with E-state index in [0.717, 1.165) is 22.8 Å². The van der Waals surface area contributed by atoms with Crippen molar-refractivity contribution in [3.05, 3.63) is 25.9 Å². The van der Waals surface area contributed by atoms with Crippen molar-refractivity contribution in [3.8, 4) is 0 Å². The highest BCUT2D eigenvalue weighted by Gasteiger charge is 2.46. The second-order valence-corrected chi connectivity index (χ2v) is 10.00. The van der Waals surface area contributed by atoms with Crippen molar-refractivity contribution in [2.24, 2.45) is 0 Å². The molecule has 0 N–H and O–H groups in total. The van der Waals surface area contributed by atoms with Gasteiger partial charge >= 0.3 is 0 Å². The van der Waals surface area contributed by atoms with Gasteiger partial charge in [0.15, 0.2) is 4.88 Å². The van der Waals surface area contributed by atoms with Crippen LogP contribution >= 0.6 is 11.3 Å². The molecule has 0 aliphatic carbocycles. The summed E-state index contributed by atoms with van der Waals surface area (Å²) in [7, 11) is 3.89. The monoisotopic (exact) mass is 440 g/mol. The van der Waals surface area contributed by atoms with E-state index in [9.17, 15) is 19.7 Å². The maximum atomic E-state index is 13.3. The number of carbonyl (C=O) groups excluding carboxylic acids is 2. The molecule has 1 saturated heterocycles. The van der Waals surface area contributed by atoms with Gasteiger partial charge in [-0.1, -0.05) is 34.6 Å². The van der Waals surface area contributed by atoms with Gasteiger partial charge in [-0.2, -0.15) is 0 Å². The van der Waals surface area contributed by atoms with Crippen molar-refractivity contribution in [1.82, 2.24) is 14.7 Å². The van der Waals surface area contributed by atoms with E-state index >= 15 is 0 Å². The van der Waals surface area contributed by atoms with Gasteiger partial charge in [-0.25, -0.2) is 0 Å². The number of hydrogen-bond acceptors (Lipinski definition) is 6. The Kier molecular flexibility index (Phi) is 8.57. The van der Waals surface area contributed by atoms with E-state index in [0.29, 0.717) is 19.6 Å². The number of thiophene rings is 1. The predicted molar refractivity (Wildman–Crippen MR) is 121 cm³/mol. The molecule has 0 saturated carbocycles. The van der Waals surface area contributed by atoms with Crippen molar-refractivity contribution in [3.63, 3.8) is 0 Å². The van der Waals surface area contributed by atoms with Gasteiger partial charge in [0.2, 0.25) is 5.91 Å². The third-order valence-electron chi connectivity index (χ3n) is 4.98. The SMILES string of the molecule is CC.CN(C)CCN1CCN(C(=O)c2sc(C(C)(C)C)cc2[N+](=O)[O-])C(C)(C)C1=O. The van der Waals surface area contributed by atoms with Crippen LogP contribution in [0.1, 0.15) is 63.0 Å². The van der Waals surface area contributed by atoms with Crippen LogP contribution in [0, 0.1) is 10.1 Å². The molecule has 1 aromatic rings. The van der Waals surface area contributed by atoms with Crippen LogP contribution < -0.4 is 0 Å². The highest BCUT2D eigenvalue weighted by Crippen LogP contribution is 2.38. The number of piperazine rings is 1. The second kappa shape index (κ2) is 9.87. The summed E-state index contributed by atoms with van der Waals surface area (Å²) in [6.07, 6.45) is 0. The van der Waals surface area contributed by atoms with E-state index in [-0.39, 0.29) is 21.9 Å². The average molecular weight is 441 g/mol. The number of rotatable bonds is 5. The number of hydrogen-bond donors (Lipinski definition) is 0. The van der Waals surface area contributed by atoms with Crippen LogP contribution in [0.4, 0.5) is 5.69 Å². The number of nitrogens with zero attached hydrogens (tertiary/aromatic N) is 4. The van der Waals surface area contributed by atoms with E-state index in [4.69, 9.17) is 0 Å². The molecule has 0 unspecified atom stereocenters. The fourth-order valence-corrected chi connectivity index (χ4v) is 4.29. The minimum absolute atomic E-state index is 0.0949. The Balaban J connectivity index is 0.00000218. The predicted octanol–water partition coefficient (Wildman–Crippen LogP) is 3.60. The fourth-order valence-electron chi connectivity index (χ4n) is 3.16. The molecule has 1 fully saturated rings. The van der Waals surface area contributed by atoms with Crippen LogP contribution in [0.2, 0.25) is 0 Å². The summed E-state index contributed by atoms with van der Waals surface area (Å²) < 4.78 is 0. The number of amides is 2. The molecule has 0 aromatic carbocycles. The van der Waals surface area contributed by atoms with Crippen molar-refractivity contribution < 1.29 is 14.5 Å². The summed E-state index contributed by atoms with van der Waals surface area (Å²) in [5, 5.41) is 11.5. The minimum Gasteiger partial charge on any atom is -0.338 e. The highest BCUT2D eigenvalue weighted by atomic mass is 32.1. The first-order chi connectivity index (χ1) is 13.8. The second-order valence-electron chi connectivity index (χ2n) is 8.94. The molecule has 1 aromatic heterocycles. The highest BCUT2D eigenvalue weighted by molar-refractivity contribution is 7.14. The Labute approximate surface area is 184 Å². The molecule has 170 valence electrons. The molecule has 2 rings (SSSR count). The third kappa shape index (κ3) is 5.57.